The standard InChI is InChI=1S/C25H26FN3O3/c1-3-23(29-25(32)28-13-17-7-5-4-6-8-17)22-12-20(26)9-10-21(22)19-11-18(14-27-15-19)16(2)24(30)31/h4-12,14-16,23H,3,13H2,1-2H3,(H,30,31)(H2,28,29,32). The molecule has 0 spiro atoms. The zero-order valence-electron chi connectivity index (χ0n) is 18.0. The van der Waals surface area contributed by atoms with Crippen molar-refractivity contribution in [2.45, 2.75) is 38.8 Å². The average molecular weight is 435 g/mol. The third kappa shape index (κ3) is 5.69. The third-order valence-corrected chi connectivity index (χ3v) is 5.34. The molecule has 2 atom stereocenters. The van der Waals surface area contributed by atoms with E-state index in [4.69, 9.17) is 0 Å². The number of benzene rings is 2. The van der Waals surface area contributed by atoms with Crippen molar-refractivity contribution >= 4 is 12.0 Å². The molecule has 6 nitrogen and oxygen atoms in total. The van der Waals surface area contributed by atoms with Gasteiger partial charge in [-0.25, -0.2) is 9.18 Å². The summed E-state index contributed by atoms with van der Waals surface area (Å²) in [4.78, 5) is 28.1. The topological polar surface area (TPSA) is 91.3 Å². The Hall–Kier alpha value is -3.74. The number of nitrogens with zero attached hydrogens (tertiary/aromatic N) is 1. The molecule has 3 aromatic rings. The van der Waals surface area contributed by atoms with Gasteiger partial charge >= 0.3 is 12.0 Å². The Labute approximate surface area is 186 Å². The second kappa shape index (κ2) is 10.5. The van der Waals surface area contributed by atoms with Gasteiger partial charge in [-0.2, -0.15) is 0 Å². The van der Waals surface area contributed by atoms with Crippen LogP contribution in [0.3, 0.4) is 0 Å². The first-order valence-electron chi connectivity index (χ1n) is 10.4. The van der Waals surface area contributed by atoms with E-state index in [9.17, 15) is 19.1 Å². The third-order valence-electron chi connectivity index (χ3n) is 5.34. The van der Waals surface area contributed by atoms with Crippen LogP contribution in [0.15, 0.2) is 67.0 Å². The monoisotopic (exact) mass is 435 g/mol. The summed E-state index contributed by atoms with van der Waals surface area (Å²) in [5.41, 5.74) is 3.47. The molecule has 32 heavy (non-hydrogen) atoms. The molecule has 2 unspecified atom stereocenters. The number of amides is 2. The van der Waals surface area contributed by atoms with Gasteiger partial charge in [0.1, 0.15) is 5.82 Å². The largest absolute Gasteiger partial charge is 0.481 e. The lowest BCUT2D eigenvalue weighted by Crippen LogP contribution is -2.37. The number of pyridine rings is 1. The highest BCUT2D eigenvalue weighted by atomic mass is 19.1. The normalized spacial score (nSPS) is 12.6. The zero-order chi connectivity index (χ0) is 23.1. The van der Waals surface area contributed by atoms with E-state index < -0.39 is 23.7 Å². The molecule has 0 bridgehead atoms. The van der Waals surface area contributed by atoms with Gasteiger partial charge in [0.15, 0.2) is 0 Å². The number of urea groups is 1. The van der Waals surface area contributed by atoms with Crippen LogP contribution in [0.25, 0.3) is 11.1 Å². The molecular formula is C25H26FN3O3. The maximum atomic E-state index is 14.2. The molecule has 0 aliphatic heterocycles. The molecule has 1 aromatic heterocycles. The molecule has 0 aliphatic rings. The maximum absolute atomic E-state index is 14.2. The lowest BCUT2D eigenvalue weighted by atomic mass is 9.92. The highest BCUT2D eigenvalue weighted by Gasteiger charge is 2.20. The lowest BCUT2D eigenvalue weighted by Gasteiger charge is -2.22. The van der Waals surface area contributed by atoms with Gasteiger partial charge in [-0.1, -0.05) is 43.3 Å². The van der Waals surface area contributed by atoms with E-state index in [0.29, 0.717) is 35.2 Å². The number of halogens is 1. The van der Waals surface area contributed by atoms with Crippen LogP contribution < -0.4 is 10.6 Å². The van der Waals surface area contributed by atoms with Crippen molar-refractivity contribution in [3.63, 3.8) is 0 Å². The van der Waals surface area contributed by atoms with Gasteiger partial charge in [0.05, 0.1) is 12.0 Å². The molecule has 7 heteroatoms. The van der Waals surface area contributed by atoms with Gasteiger partial charge in [0, 0.05) is 24.5 Å². The van der Waals surface area contributed by atoms with Gasteiger partial charge in [-0.15, -0.1) is 0 Å². The molecule has 0 saturated heterocycles. The van der Waals surface area contributed by atoms with Crippen LogP contribution in [-0.4, -0.2) is 22.1 Å². The van der Waals surface area contributed by atoms with Crippen LogP contribution in [0, 0.1) is 5.82 Å². The van der Waals surface area contributed by atoms with Gasteiger partial charge in [-0.3, -0.25) is 9.78 Å². The molecule has 3 rings (SSSR count). The Bertz CT molecular complexity index is 1090. The van der Waals surface area contributed by atoms with E-state index in [0.717, 1.165) is 5.56 Å². The number of rotatable bonds is 8. The number of carbonyl (C=O) groups excluding carboxylic acids is 1. The van der Waals surface area contributed by atoms with Gasteiger partial charge in [-0.05, 0) is 53.8 Å². The van der Waals surface area contributed by atoms with Crippen molar-refractivity contribution in [2.24, 2.45) is 0 Å². The number of hydrogen-bond donors (Lipinski definition) is 3. The summed E-state index contributed by atoms with van der Waals surface area (Å²) < 4.78 is 14.2. The molecule has 0 fully saturated rings. The van der Waals surface area contributed by atoms with Crippen LogP contribution in [-0.2, 0) is 11.3 Å². The summed E-state index contributed by atoms with van der Waals surface area (Å²) in [5, 5.41) is 15.1. The summed E-state index contributed by atoms with van der Waals surface area (Å²) in [6.07, 6.45) is 3.66. The molecule has 2 amide bonds. The molecule has 3 N–H and O–H groups in total. The summed E-state index contributed by atoms with van der Waals surface area (Å²) >= 11 is 0. The Morgan fingerprint density at radius 1 is 1.09 bits per heavy atom. The second-order valence-corrected chi connectivity index (χ2v) is 7.57. The number of aliphatic carboxylic acids is 1. The Balaban J connectivity index is 1.85. The molecular weight excluding hydrogens is 409 g/mol. The van der Waals surface area contributed by atoms with Gasteiger partial charge in [0.2, 0.25) is 0 Å². The minimum Gasteiger partial charge on any atom is -0.481 e. The van der Waals surface area contributed by atoms with E-state index in [1.807, 2.05) is 37.3 Å². The number of aromatic nitrogens is 1. The molecule has 0 saturated carbocycles. The number of carbonyl (C=O) groups is 2. The molecule has 0 radical (unpaired) electrons. The fourth-order valence-corrected chi connectivity index (χ4v) is 3.46. The van der Waals surface area contributed by atoms with Crippen LogP contribution in [0.2, 0.25) is 0 Å². The SMILES string of the molecule is CCC(NC(=O)NCc1ccccc1)c1cc(F)ccc1-c1cncc(C(C)C(=O)O)c1. The van der Waals surface area contributed by atoms with Gasteiger partial charge in [0.25, 0.3) is 0 Å². The second-order valence-electron chi connectivity index (χ2n) is 7.57. The fourth-order valence-electron chi connectivity index (χ4n) is 3.46. The highest BCUT2D eigenvalue weighted by molar-refractivity contribution is 5.78. The quantitative estimate of drug-likeness (QED) is 0.463. The van der Waals surface area contributed by atoms with Gasteiger partial charge < -0.3 is 15.7 Å². The number of carboxylic acid groups (broad SMARTS) is 1. The molecule has 1 heterocycles. The first-order chi connectivity index (χ1) is 15.4. The Kier molecular flexibility index (Phi) is 7.54. The van der Waals surface area contributed by atoms with Crippen LogP contribution in [0.5, 0.6) is 0 Å². The molecule has 166 valence electrons. The maximum Gasteiger partial charge on any atom is 0.315 e. The number of hydrogen-bond acceptors (Lipinski definition) is 3. The first kappa shape index (κ1) is 22.9. The lowest BCUT2D eigenvalue weighted by molar-refractivity contribution is -0.138. The van der Waals surface area contributed by atoms with Crippen LogP contribution >= 0.6 is 0 Å². The van der Waals surface area contributed by atoms with Crippen LogP contribution in [0.1, 0.15) is 48.9 Å². The highest BCUT2D eigenvalue weighted by Crippen LogP contribution is 2.32. The Morgan fingerprint density at radius 2 is 1.84 bits per heavy atom. The van der Waals surface area contributed by atoms with Crippen molar-refractivity contribution in [3.8, 4) is 11.1 Å². The van der Waals surface area contributed by atoms with Crippen molar-refractivity contribution in [1.29, 1.82) is 0 Å². The van der Waals surface area contributed by atoms with E-state index in [-0.39, 0.29) is 6.03 Å². The van der Waals surface area contributed by atoms with E-state index in [2.05, 4.69) is 15.6 Å². The molecule has 0 aliphatic carbocycles. The van der Waals surface area contributed by atoms with E-state index in [1.165, 1.54) is 18.3 Å². The Morgan fingerprint density at radius 3 is 2.53 bits per heavy atom. The summed E-state index contributed by atoms with van der Waals surface area (Å²) in [5.74, 6) is -2.10. The van der Waals surface area contributed by atoms with E-state index >= 15 is 0 Å². The summed E-state index contributed by atoms with van der Waals surface area (Å²) in [7, 11) is 0. The minimum absolute atomic E-state index is 0.359. The number of nitrogens with one attached hydrogen (secondary N) is 2. The van der Waals surface area contributed by atoms with Crippen molar-refractivity contribution in [3.05, 3.63) is 89.5 Å². The van der Waals surface area contributed by atoms with Crippen LogP contribution in [0.4, 0.5) is 9.18 Å². The van der Waals surface area contributed by atoms with Crippen molar-refractivity contribution in [1.82, 2.24) is 15.6 Å². The average Bonchev–Trinajstić information content (AvgIpc) is 2.81. The predicted octanol–water partition coefficient (Wildman–Crippen LogP) is 5.03. The molecule has 2 aromatic carbocycles. The fraction of sp³-hybridized carbons (Fsp3) is 0.240. The zero-order valence-corrected chi connectivity index (χ0v) is 18.0. The first-order valence-corrected chi connectivity index (χ1v) is 10.4. The van der Waals surface area contributed by atoms with E-state index in [1.54, 1.807) is 25.3 Å². The number of carboxylic acids is 1. The summed E-state index contributed by atoms with van der Waals surface area (Å²) in [6, 6.07) is 14.8. The van der Waals surface area contributed by atoms with Crippen molar-refractivity contribution < 1.29 is 19.1 Å². The minimum atomic E-state index is -0.952. The van der Waals surface area contributed by atoms with Crippen molar-refractivity contribution in [2.75, 3.05) is 0 Å². The smallest absolute Gasteiger partial charge is 0.315 e. The summed E-state index contributed by atoms with van der Waals surface area (Å²) in [6.45, 7) is 3.86. The predicted molar refractivity (Wildman–Crippen MR) is 121 cm³/mol.